The van der Waals surface area contributed by atoms with Crippen molar-refractivity contribution in [2.45, 2.75) is 25.2 Å². The van der Waals surface area contributed by atoms with Crippen LogP contribution in [0.3, 0.4) is 0 Å². The molecule has 0 radical (unpaired) electrons. The molecule has 1 N–H and O–H groups in total. The predicted octanol–water partition coefficient (Wildman–Crippen LogP) is 3.11. The highest BCUT2D eigenvalue weighted by molar-refractivity contribution is 6.28. The summed E-state index contributed by atoms with van der Waals surface area (Å²) in [6.07, 6.45) is 4.86. The molecule has 5 heteroatoms. The Balaban J connectivity index is 1.77. The van der Waals surface area contributed by atoms with Crippen LogP contribution in [0.15, 0.2) is 71.3 Å². The molecule has 2 aromatic rings. The SMILES string of the molecule is O=C1CCCC2=C1C(c1ccccc1)C1=C(N2)C(=O)c2cnccc2C1=O. The summed E-state index contributed by atoms with van der Waals surface area (Å²) in [7, 11) is 0. The van der Waals surface area contributed by atoms with Gasteiger partial charge in [-0.05, 0) is 24.5 Å². The number of ketones is 3. The van der Waals surface area contributed by atoms with Crippen LogP contribution in [0.25, 0.3) is 0 Å². The van der Waals surface area contributed by atoms with Crippen LogP contribution in [-0.4, -0.2) is 22.3 Å². The van der Waals surface area contributed by atoms with E-state index in [-0.39, 0.29) is 17.3 Å². The summed E-state index contributed by atoms with van der Waals surface area (Å²) < 4.78 is 0. The van der Waals surface area contributed by atoms with E-state index in [1.165, 1.54) is 12.4 Å². The van der Waals surface area contributed by atoms with E-state index in [1.807, 2.05) is 30.3 Å². The smallest absolute Gasteiger partial charge is 0.211 e. The van der Waals surface area contributed by atoms with Gasteiger partial charge < -0.3 is 5.32 Å². The Bertz CT molecular complexity index is 1080. The number of hydrogen-bond acceptors (Lipinski definition) is 5. The molecule has 2 aliphatic carbocycles. The summed E-state index contributed by atoms with van der Waals surface area (Å²) >= 11 is 0. The average Bonchev–Trinajstić information content (AvgIpc) is 2.71. The quantitative estimate of drug-likeness (QED) is 0.850. The number of Topliss-reactive ketones (excluding diaryl/α,β-unsaturated/α-hetero) is 3. The van der Waals surface area contributed by atoms with Gasteiger partial charge in [0.25, 0.3) is 0 Å². The standard InChI is InChI=1S/C22H16N2O3/c25-16-8-4-7-15-18(16)17(12-5-2-1-3-6-12)19-20(24-15)22(27)14-11-23-10-9-13(14)21(19)26/h1-3,5-6,9-11,17,24H,4,7-8H2. The monoisotopic (exact) mass is 356 g/mol. The Labute approximate surface area is 155 Å². The van der Waals surface area contributed by atoms with Gasteiger partial charge in [-0.25, -0.2) is 0 Å². The van der Waals surface area contributed by atoms with Crippen LogP contribution in [0.2, 0.25) is 0 Å². The molecule has 1 aliphatic heterocycles. The number of fused-ring (bicyclic) bond motifs is 1. The molecule has 3 aliphatic rings. The molecule has 2 heterocycles. The maximum atomic E-state index is 13.3. The normalized spacial score (nSPS) is 21.5. The lowest BCUT2D eigenvalue weighted by Crippen LogP contribution is -2.40. The molecule has 1 aromatic carbocycles. The maximum absolute atomic E-state index is 13.3. The largest absolute Gasteiger partial charge is 0.355 e. The third-order valence-corrected chi connectivity index (χ3v) is 5.49. The zero-order chi connectivity index (χ0) is 18.5. The van der Waals surface area contributed by atoms with Crippen molar-refractivity contribution in [3.63, 3.8) is 0 Å². The van der Waals surface area contributed by atoms with Gasteiger partial charge >= 0.3 is 0 Å². The molecule has 0 amide bonds. The summed E-state index contributed by atoms with van der Waals surface area (Å²) in [5.74, 6) is -0.917. The first-order chi connectivity index (χ1) is 13.2. The molecule has 0 spiro atoms. The van der Waals surface area contributed by atoms with Crippen molar-refractivity contribution >= 4 is 17.3 Å². The van der Waals surface area contributed by atoms with Crippen LogP contribution < -0.4 is 5.32 Å². The minimum Gasteiger partial charge on any atom is -0.355 e. The van der Waals surface area contributed by atoms with E-state index >= 15 is 0 Å². The Morgan fingerprint density at radius 2 is 1.70 bits per heavy atom. The second kappa shape index (κ2) is 5.84. The Hall–Kier alpha value is -3.34. The third kappa shape index (κ3) is 2.24. The Kier molecular flexibility index (Phi) is 3.44. The van der Waals surface area contributed by atoms with Gasteiger partial charge in [0.05, 0.1) is 11.3 Å². The maximum Gasteiger partial charge on any atom is 0.211 e. The van der Waals surface area contributed by atoms with Crippen molar-refractivity contribution in [3.05, 3.63) is 88.0 Å². The lowest BCUT2D eigenvalue weighted by atomic mass is 9.70. The number of carbonyl (C=O) groups is 3. The molecule has 5 nitrogen and oxygen atoms in total. The van der Waals surface area contributed by atoms with E-state index in [2.05, 4.69) is 10.3 Å². The van der Waals surface area contributed by atoms with Crippen molar-refractivity contribution in [1.82, 2.24) is 10.3 Å². The first kappa shape index (κ1) is 15.9. The number of aromatic nitrogens is 1. The predicted molar refractivity (Wildman–Crippen MR) is 98.1 cm³/mol. The summed E-state index contributed by atoms with van der Waals surface area (Å²) in [6.45, 7) is 0. The van der Waals surface area contributed by atoms with E-state index in [4.69, 9.17) is 0 Å². The Morgan fingerprint density at radius 1 is 0.889 bits per heavy atom. The van der Waals surface area contributed by atoms with Gasteiger partial charge in [-0.2, -0.15) is 0 Å². The van der Waals surface area contributed by atoms with Gasteiger partial charge in [0, 0.05) is 47.1 Å². The fraction of sp³-hybridized carbons (Fsp3) is 0.182. The molecule has 5 rings (SSSR count). The highest BCUT2D eigenvalue weighted by Crippen LogP contribution is 2.45. The topological polar surface area (TPSA) is 76.1 Å². The van der Waals surface area contributed by atoms with Crippen molar-refractivity contribution in [1.29, 1.82) is 0 Å². The lowest BCUT2D eigenvalue weighted by molar-refractivity contribution is -0.116. The van der Waals surface area contributed by atoms with E-state index in [0.717, 1.165) is 17.7 Å². The number of nitrogens with zero attached hydrogens (tertiary/aromatic N) is 1. The zero-order valence-electron chi connectivity index (χ0n) is 14.5. The average molecular weight is 356 g/mol. The van der Waals surface area contributed by atoms with Gasteiger partial charge in [-0.3, -0.25) is 19.4 Å². The fourth-order valence-corrected chi connectivity index (χ4v) is 4.29. The van der Waals surface area contributed by atoms with Crippen LogP contribution in [0.1, 0.15) is 51.5 Å². The van der Waals surface area contributed by atoms with Crippen LogP contribution in [-0.2, 0) is 4.79 Å². The first-order valence-electron chi connectivity index (χ1n) is 9.02. The summed E-state index contributed by atoms with van der Waals surface area (Å²) in [6, 6.07) is 11.1. The number of carbonyl (C=O) groups excluding carboxylic acids is 3. The highest BCUT2D eigenvalue weighted by atomic mass is 16.1. The molecule has 132 valence electrons. The third-order valence-electron chi connectivity index (χ3n) is 5.49. The zero-order valence-corrected chi connectivity index (χ0v) is 14.5. The van der Waals surface area contributed by atoms with Crippen LogP contribution in [0.5, 0.6) is 0 Å². The molecule has 1 atom stereocenters. The van der Waals surface area contributed by atoms with Gasteiger partial charge in [0.15, 0.2) is 11.6 Å². The lowest BCUT2D eigenvalue weighted by Gasteiger charge is -2.36. The minimum absolute atomic E-state index is 0.0462. The van der Waals surface area contributed by atoms with E-state index in [9.17, 15) is 14.4 Å². The number of hydrogen-bond donors (Lipinski definition) is 1. The van der Waals surface area contributed by atoms with Crippen LogP contribution in [0, 0.1) is 0 Å². The van der Waals surface area contributed by atoms with Gasteiger partial charge in [-0.1, -0.05) is 30.3 Å². The van der Waals surface area contributed by atoms with Crippen molar-refractivity contribution in [2.24, 2.45) is 0 Å². The molecule has 1 unspecified atom stereocenters. The number of pyridine rings is 1. The second-order valence-corrected chi connectivity index (χ2v) is 7.01. The fourth-order valence-electron chi connectivity index (χ4n) is 4.29. The first-order valence-corrected chi connectivity index (χ1v) is 9.02. The summed E-state index contributed by atoms with van der Waals surface area (Å²) in [5, 5.41) is 3.15. The minimum atomic E-state index is -0.511. The molecular weight excluding hydrogens is 340 g/mol. The molecule has 0 saturated heterocycles. The number of rotatable bonds is 1. The van der Waals surface area contributed by atoms with Crippen molar-refractivity contribution in [3.8, 4) is 0 Å². The number of nitrogens with one attached hydrogen (secondary N) is 1. The Morgan fingerprint density at radius 3 is 2.52 bits per heavy atom. The number of allylic oxidation sites excluding steroid dienone is 4. The molecule has 27 heavy (non-hydrogen) atoms. The summed E-state index contributed by atoms with van der Waals surface area (Å²) in [5.41, 5.74) is 3.59. The molecule has 1 aromatic heterocycles. The number of benzene rings is 1. The van der Waals surface area contributed by atoms with E-state index in [0.29, 0.717) is 40.8 Å². The van der Waals surface area contributed by atoms with Gasteiger partial charge in [0.1, 0.15) is 0 Å². The van der Waals surface area contributed by atoms with Gasteiger partial charge in [-0.15, -0.1) is 0 Å². The van der Waals surface area contributed by atoms with Crippen molar-refractivity contribution < 1.29 is 14.4 Å². The van der Waals surface area contributed by atoms with Crippen LogP contribution >= 0.6 is 0 Å². The van der Waals surface area contributed by atoms with E-state index < -0.39 is 5.92 Å². The highest BCUT2D eigenvalue weighted by Gasteiger charge is 2.44. The molecule has 0 fully saturated rings. The van der Waals surface area contributed by atoms with Gasteiger partial charge in [0.2, 0.25) is 5.78 Å². The molecular formula is C22H16N2O3. The molecule has 0 bridgehead atoms. The summed E-state index contributed by atoms with van der Waals surface area (Å²) in [4.78, 5) is 43.3. The van der Waals surface area contributed by atoms with Crippen LogP contribution in [0.4, 0.5) is 0 Å². The number of dihydropyridines is 1. The molecule has 0 saturated carbocycles. The van der Waals surface area contributed by atoms with Crippen molar-refractivity contribution in [2.75, 3.05) is 0 Å². The van der Waals surface area contributed by atoms with E-state index in [1.54, 1.807) is 6.07 Å². The second-order valence-electron chi connectivity index (χ2n) is 7.01.